The number of hydrogen-bond donors (Lipinski definition) is 0. The van der Waals surface area contributed by atoms with E-state index in [1.54, 1.807) is 0 Å². The molecule has 4 heterocycles. The van der Waals surface area contributed by atoms with Crippen LogP contribution in [0.4, 0.5) is 0 Å². The highest BCUT2D eigenvalue weighted by molar-refractivity contribution is 6.12. The Labute approximate surface area is 320 Å². The fourth-order valence-electron chi connectivity index (χ4n) is 8.67. The molecule has 0 N–H and O–H groups in total. The van der Waals surface area contributed by atoms with Crippen LogP contribution in [0.3, 0.4) is 0 Å². The lowest BCUT2D eigenvalue weighted by Gasteiger charge is -2.13. The van der Waals surface area contributed by atoms with Gasteiger partial charge in [0.15, 0.2) is 11.6 Å². The SMILES string of the molecule is Cc1ccc2c3ccccc3n(-c3nc(-c4ccc5c6ccccc6n(-c6ccc7oc8ccccc8c7c6)c5c4)nc(-c4cccc5ccccc45)n3)c2c1. The van der Waals surface area contributed by atoms with E-state index < -0.39 is 0 Å². The summed E-state index contributed by atoms with van der Waals surface area (Å²) in [4.78, 5) is 15.9. The van der Waals surface area contributed by atoms with Crippen molar-refractivity contribution in [2.75, 3.05) is 0 Å². The van der Waals surface area contributed by atoms with Gasteiger partial charge in [0.25, 0.3) is 0 Å². The molecule has 12 aromatic rings. The standard InChI is InChI=1S/C50H31N5O/c1-30-21-24-37-36-15-5-8-19-43(36)55(44(37)27-30)50-52-48(51-49(53-50)40-17-10-12-31-11-2-3-13-34(31)40)32-22-25-38-35-14-4-7-18-42(35)54(45(38)28-32)33-23-26-47-41(29-33)39-16-6-9-20-46(39)56-47/h2-29H,1H3. The van der Waals surface area contributed by atoms with Gasteiger partial charge in [-0.2, -0.15) is 9.97 Å². The quantitative estimate of drug-likeness (QED) is 0.182. The molecule has 0 aliphatic carbocycles. The number of aromatic nitrogens is 5. The van der Waals surface area contributed by atoms with Crippen LogP contribution in [0.1, 0.15) is 5.56 Å². The number of aryl methyl sites for hydroxylation is 1. The maximum absolute atomic E-state index is 6.22. The molecule has 12 rings (SSSR count). The van der Waals surface area contributed by atoms with E-state index >= 15 is 0 Å². The molecule has 0 spiro atoms. The van der Waals surface area contributed by atoms with Crippen LogP contribution in [-0.2, 0) is 0 Å². The molecule has 0 bridgehead atoms. The third-order valence-corrected chi connectivity index (χ3v) is 11.2. The number of furan rings is 1. The van der Waals surface area contributed by atoms with Crippen molar-refractivity contribution in [2.45, 2.75) is 6.92 Å². The number of hydrogen-bond acceptors (Lipinski definition) is 4. The molecular weight excluding hydrogens is 687 g/mol. The fourth-order valence-corrected chi connectivity index (χ4v) is 8.67. The third kappa shape index (κ3) is 4.53. The van der Waals surface area contributed by atoms with E-state index in [4.69, 9.17) is 19.4 Å². The summed E-state index contributed by atoms with van der Waals surface area (Å²) in [6, 6.07) is 59.7. The molecule has 6 heteroatoms. The highest BCUT2D eigenvalue weighted by Gasteiger charge is 2.21. The average Bonchev–Trinajstić information content (AvgIpc) is 3.90. The maximum Gasteiger partial charge on any atom is 0.238 e. The van der Waals surface area contributed by atoms with Crippen molar-refractivity contribution in [3.63, 3.8) is 0 Å². The van der Waals surface area contributed by atoms with E-state index in [1.165, 1.54) is 10.9 Å². The molecule has 8 aromatic carbocycles. The molecule has 0 saturated heterocycles. The Morgan fingerprint density at radius 2 is 1.04 bits per heavy atom. The van der Waals surface area contributed by atoms with Gasteiger partial charge in [-0.15, -0.1) is 0 Å². The van der Waals surface area contributed by atoms with E-state index in [9.17, 15) is 0 Å². The molecule has 0 atom stereocenters. The summed E-state index contributed by atoms with van der Waals surface area (Å²) in [5.41, 5.74) is 10.1. The lowest BCUT2D eigenvalue weighted by atomic mass is 10.0. The van der Waals surface area contributed by atoms with Gasteiger partial charge in [0.1, 0.15) is 11.2 Å². The van der Waals surface area contributed by atoms with E-state index in [1.807, 2.05) is 12.1 Å². The van der Waals surface area contributed by atoms with Crippen molar-refractivity contribution in [1.82, 2.24) is 24.1 Å². The molecule has 0 fully saturated rings. The molecule has 0 saturated carbocycles. The predicted molar refractivity (Wildman–Crippen MR) is 229 cm³/mol. The molecule has 0 amide bonds. The summed E-state index contributed by atoms with van der Waals surface area (Å²) >= 11 is 0. The summed E-state index contributed by atoms with van der Waals surface area (Å²) in [5.74, 6) is 1.80. The van der Waals surface area contributed by atoms with E-state index in [2.05, 4.69) is 174 Å². The van der Waals surface area contributed by atoms with Crippen LogP contribution < -0.4 is 0 Å². The lowest BCUT2D eigenvalue weighted by Crippen LogP contribution is -2.06. The number of fused-ring (bicyclic) bond motifs is 10. The van der Waals surface area contributed by atoms with Gasteiger partial charge in [-0.05, 0) is 71.8 Å². The summed E-state index contributed by atoms with van der Waals surface area (Å²) in [7, 11) is 0. The molecule has 0 radical (unpaired) electrons. The number of nitrogens with zero attached hydrogens (tertiary/aromatic N) is 5. The first kappa shape index (κ1) is 30.8. The minimum absolute atomic E-state index is 0.577. The Hall–Kier alpha value is -7.57. The largest absolute Gasteiger partial charge is 0.456 e. The zero-order valence-electron chi connectivity index (χ0n) is 30.3. The van der Waals surface area contributed by atoms with Crippen molar-refractivity contribution in [3.05, 3.63) is 175 Å². The molecule has 6 nitrogen and oxygen atoms in total. The van der Waals surface area contributed by atoms with Crippen LogP contribution in [0.15, 0.2) is 174 Å². The lowest BCUT2D eigenvalue weighted by molar-refractivity contribution is 0.669. The Bertz CT molecular complexity index is 3560. The maximum atomic E-state index is 6.22. The van der Waals surface area contributed by atoms with E-state index in [0.717, 1.165) is 87.8 Å². The molecule has 262 valence electrons. The van der Waals surface area contributed by atoms with Crippen LogP contribution in [0.25, 0.3) is 111 Å². The van der Waals surface area contributed by atoms with E-state index in [-0.39, 0.29) is 0 Å². The van der Waals surface area contributed by atoms with Gasteiger partial charge in [-0.3, -0.25) is 4.57 Å². The van der Waals surface area contributed by atoms with Crippen LogP contribution in [0, 0.1) is 6.92 Å². The van der Waals surface area contributed by atoms with Crippen molar-refractivity contribution in [1.29, 1.82) is 0 Å². The zero-order chi connectivity index (χ0) is 36.9. The average molecular weight is 718 g/mol. The van der Waals surface area contributed by atoms with Gasteiger partial charge < -0.3 is 8.98 Å². The topological polar surface area (TPSA) is 61.7 Å². The second kappa shape index (κ2) is 11.7. The Morgan fingerprint density at radius 3 is 1.88 bits per heavy atom. The number of para-hydroxylation sites is 3. The molecular formula is C50H31N5O. The fraction of sp³-hybridized carbons (Fsp3) is 0.0200. The number of benzene rings is 8. The molecule has 0 unspecified atom stereocenters. The van der Waals surface area contributed by atoms with Crippen LogP contribution in [0.5, 0.6) is 0 Å². The first-order chi connectivity index (χ1) is 27.7. The Morgan fingerprint density at radius 1 is 0.411 bits per heavy atom. The second-order valence-corrected chi connectivity index (χ2v) is 14.5. The smallest absolute Gasteiger partial charge is 0.238 e. The van der Waals surface area contributed by atoms with Crippen LogP contribution >= 0.6 is 0 Å². The minimum Gasteiger partial charge on any atom is -0.456 e. The Kier molecular flexibility index (Phi) is 6.45. The minimum atomic E-state index is 0.577. The first-order valence-corrected chi connectivity index (χ1v) is 18.9. The number of rotatable bonds is 4. The van der Waals surface area contributed by atoms with Gasteiger partial charge in [0.05, 0.1) is 22.1 Å². The van der Waals surface area contributed by atoms with Crippen molar-refractivity contribution in [3.8, 4) is 34.4 Å². The van der Waals surface area contributed by atoms with Crippen molar-refractivity contribution in [2.24, 2.45) is 0 Å². The molecule has 0 aliphatic heterocycles. The predicted octanol–water partition coefficient (Wildman–Crippen LogP) is 12.8. The molecule has 4 aromatic heterocycles. The molecule has 0 aliphatic rings. The monoisotopic (exact) mass is 717 g/mol. The summed E-state index contributed by atoms with van der Waals surface area (Å²) < 4.78 is 10.8. The Balaban J connectivity index is 1.14. The van der Waals surface area contributed by atoms with Gasteiger partial charge >= 0.3 is 0 Å². The van der Waals surface area contributed by atoms with Crippen molar-refractivity contribution >= 4 is 76.3 Å². The zero-order valence-corrected chi connectivity index (χ0v) is 30.3. The van der Waals surface area contributed by atoms with Crippen molar-refractivity contribution < 1.29 is 4.42 Å². The van der Waals surface area contributed by atoms with Gasteiger partial charge in [-0.25, -0.2) is 4.98 Å². The molecule has 56 heavy (non-hydrogen) atoms. The van der Waals surface area contributed by atoms with Crippen LogP contribution in [0.2, 0.25) is 0 Å². The summed E-state index contributed by atoms with van der Waals surface area (Å²) in [6.07, 6.45) is 0. The highest BCUT2D eigenvalue weighted by atomic mass is 16.3. The van der Waals surface area contributed by atoms with Gasteiger partial charge in [0.2, 0.25) is 5.95 Å². The summed E-state index contributed by atoms with van der Waals surface area (Å²) in [5, 5.41) is 9.07. The van der Waals surface area contributed by atoms with E-state index in [0.29, 0.717) is 17.6 Å². The van der Waals surface area contributed by atoms with Gasteiger partial charge in [0, 0.05) is 49.1 Å². The third-order valence-electron chi connectivity index (χ3n) is 11.2. The van der Waals surface area contributed by atoms with Gasteiger partial charge in [-0.1, -0.05) is 121 Å². The first-order valence-electron chi connectivity index (χ1n) is 18.9. The van der Waals surface area contributed by atoms with Crippen LogP contribution in [-0.4, -0.2) is 24.1 Å². The normalized spacial score (nSPS) is 12.0. The summed E-state index contributed by atoms with van der Waals surface area (Å²) in [6.45, 7) is 2.13. The second-order valence-electron chi connectivity index (χ2n) is 14.5. The highest BCUT2D eigenvalue weighted by Crippen LogP contribution is 2.38.